The van der Waals surface area contributed by atoms with E-state index in [4.69, 9.17) is 0 Å². The van der Waals surface area contributed by atoms with E-state index in [2.05, 4.69) is 18.2 Å². The van der Waals surface area contributed by atoms with Gasteiger partial charge in [0.2, 0.25) is 5.91 Å². The Balaban J connectivity index is 2.29. The maximum absolute atomic E-state index is 12.1. The average molecular weight is 241 g/mol. The first-order valence-electron chi connectivity index (χ1n) is 6.50. The van der Waals surface area contributed by atoms with Gasteiger partial charge in [-0.3, -0.25) is 4.79 Å². The number of nitrogens with zero attached hydrogens (tertiary/aromatic N) is 1. The molecule has 94 valence electrons. The van der Waals surface area contributed by atoms with Crippen molar-refractivity contribution in [2.45, 2.75) is 20.3 Å². The van der Waals surface area contributed by atoms with Crippen molar-refractivity contribution in [3.8, 4) is 0 Å². The van der Waals surface area contributed by atoms with Gasteiger partial charge < -0.3 is 4.90 Å². The molecule has 1 amide bonds. The molecule has 0 aromatic heterocycles. The van der Waals surface area contributed by atoms with Crippen LogP contribution in [0.5, 0.6) is 0 Å². The highest BCUT2D eigenvalue weighted by Gasteiger charge is 2.11. The van der Waals surface area contributed by atoms with Gasteiger partial charge in [0, 0.05) is 13.1 Å². The molecule has 0 atom stereocenters. The van der Waals surface area contributed by atoms with E-state index in [0.29, 0.717) is 6.42 Å². The molecule has 0 heterocycles. The van der Waals surface area contributed by atoms with Gasteiger partial charge >= 0.3 is 0 Å². The molecule has 2 aromatic rings. The van der Waals surface area contributed by atoms with Crippen LogP contribution in [-0.2, 0) is 11.2 Å². The first-order chi connectivity index (χ1) is 8.76. The number of carbonyl (C=O) groups is 1. The summed E-state index contributed by atoms with van der Waals surface area (Å²) < 4.78 is 0. The molecule has 0 radical (unpaired) electrons. The van der Waals surface area contributed by atoms with Crippen LogP contribution in [-0.4, -0.2) is 23.9 Å². The number of amides is 1. The minimum atomic E-state index is 0.205. The summed E-state index contributed by atoms with van der Waals surface area (Å²) in [5, 5.41) is 2.38. The zero-order chi connectivity index (χ0) is 13.0. The lowest BCUT2D eigenvalue weighted by atomic mass is 10.0. The third-order valence-electron chi connectivity index (χ3n) is 3.34. The number of rotatable bonds is 4. The first kappa shape index (κ1) is 12.6. The van der Waals surface area contributed by atoms with Crippen LogP contribution in [0.25, 0.3) is 10.8 Å². The van der Waals surface area contributed by atoms with Gasteiger partial charge in [0.15, 0.2) is 0 Å². The molecule has 0 saturated carbocycles. The minimum absolute atomic E-state index is 0.205. The molecule has 2 aromatic carbocycles. The summed E-state index contributed by atoms with van der Waals surface area (Å²) in [5.41, 5.74) is 1.12. The Hall–Kier alpha value is -1.83. The predicted molar refractivity (Wildman–Crippen MR) is 75.6 cm³/mol. The summed E-state index contributed by atoms with van der Waals surface area (Å²) in [6.45, 7) is 5.59. The van der Waals surface area contributed by atoms with Gasteiger partial charge in [-0.15, -0.1) is 0 Å². The molecule has 0 saturated heterocycles. The molecule has 0 aliphatic carbocycles. The van der Waals surface area contributed by atoms with Crippen LogP contribution < -0.4 is 0 Å². The summed E-state index contributed by atoms with van der Waals surface area (Å²) in [6, 6.07) is 14.4. The Labute approximate surface area is 108 Å². The van der Waals surface area contributed by atoms with Crippen molar-refractivity contribution in [2.24, 2.45) is 0 Å². The smallest absolute Gasteiger partial charge is 0.226 e. The van der Waals surface area contributed by atoms with E-state index < -0.39 is 0 Å². The van der Waals surface area contributed by atoms with Gasteiger partial charge in [0.05, 0.1) is 6.42 Å². The monoisotopic (exact) mass is 241 g/mol. The van der Waals surface area contributed by atoms with Gasteiger partial charge in [0.25, 0.3) is 0 Å². The maximum atomic E-state index is 12.1. The minimum Gasteiger partial charge on any atom is -0.343 e. The number of hydrogen-bond donors (Lipinski definition) is 0. The normalized spacial score (nSPS) is 10.6. The largest absolute Gasteiger partial charge is 0.343 e. The van der Waals surface area contributed by atoms with Crippen LogP contribution in [0.2, 0.25) is 0 Å². The first-order valence-corrected chi connectivity index (χ1v) is 6.50. The van der Waals surface area contributed by atoms with Crippen LogP contribution in [0.15, 0.2) is 42.5 Å². The van der Waals surface area contributed by atoms with Crippen LogP contribution in [0.3, 0.4) is 0 Å². The Bertz CT molecular complexity index is 538. The van der Waals surface area contributed by atoms with Gasteiger partial charge in [-0.2, -0.15) is 0 Å². The highest BCUT2D eigenvalue weighted by atomic mass is 16.2. The fourth-order valence-electron chi connectivity index (χ4n) is 2.30. The van der Waals surface area contributed by atoms with Crippen LogP contribution in [0, 0.1) is 0 Å². The van der Waals surface area contributed by atoms with Crippen molar-refractivity contribution in [3.63, 3.8) is 0 Å². The third kappa shape index (κ3) is 2.53. The second kappa shape index (κ2) is 5.67. The summed E-state index contributed by atoms with van der Waals surface area (Å²) in [7, 11) is 0. The van der Waals surface area contributed by atoms with Crippen LogP contribution in [0.1, 0.15) is 19.4 Å². The molecule has 18 heavy (non-hydrogen) atoms. The van der Waals surface area contributed by atoms with E-state index in [1.807, 2.05) is 43.0 Å². The second-order valence-electron chi connectivity index (χ2n) is 4.38. The summed E-state index contributed by atoms with van der Waals surface area (Å²) in [5.74, 6) is 0.205. The van der Waals surface area contributed by atoms with Crippen molar-refractivity contribution in [3.05, 3.63) is 48.0 Å². The Kier molecular flexibility index (Phi) is 3.98. The molecule has 0 bridgehead atoms. The molecule has 2 rings (SSSR count). The molecule has 0 unspecified atom stereocenters. The van der Waals surface area contributed by atoms with Gasteiger partial charge in [-0.05, 0) is 30.2 Å². The van der Waals surface area contributed by atoms with Crippen molar-refractivity contribution in [1.82, 2.24) is 4.90 Å². The Morgan fingerprint density at radius 2 is 1.67 bits per heavy atom. The molecule has 2 nitrogen and oxygen atoms in total. The zero-order valence-corrected chi connectivity index (χ0v) is 11.0. The van der Waals surface area contributed by atoms with Gasteiger partial charge in [0.1, 0.15) is 0 Å². The molecule has 0 aliphatic rings. The topological polar surface area (TPSA) is 20.3 Å². The standard InChI is InChI=1S/C16H19NO/c1-3-17(4-2)16(18)12-14-10-7-9-13-8-5-6-11-15(13)14/h5-11H,3-4,12H2,1-2H3. The molecule has 0 aliphatic heterocycles. The molecular weight excluding hydrogens is 222 g/mol. The van der Waals surface area contributed by atoms with Crippen molar-refractivity contribution >= 4 is 16.7 Å². The Morgan fingerprint density at radius 3 is 2.39 bits per heavy atom. The van der Waals surface area contributed by atoms with E-state index in [9.17, 15) is 4.79 Å². The van der Waals surface area contributed by atoms with E-state index >= 15 is 0 Å². The Morgan fingerprint density at radius 1 is 1.00 bits per heavy atom. The van der Waals surface area contributed by atoms with Crippen LogP contribution in [0.4, 0.5) is 0 Å². The number of carbonyl (C=O) groups excluding carboxylic acids is 1. The summed E-state index contributed by atoms with van der Waals surface area (Å²) >= 11 is 0. The van der Waals surface area contributed by atoms with Gasteiger partial charge in [-0.1, -0.05) is 42.5 Å². The third-order valence-corrected chi connectivity index (χ3v) is 3.34. The molecular formula is C16H19NO. The van der Waals surface area contributed by atoms with E-state index in [1.165, 1.54) is 10.8 Å². The highest BCUT2D eigenvalue weighted by molar-refractivity contribution is 5.90. The SMILES string of the molecule is CCN(CC)C(=O)Cc1cccc2ccccc12. The number of likely N-dealkylation sites (N-methyl/N-ethyl adjacent to an activating group) is 1. The fourth-order valence-corrected chi connectivity index (χ4v) is 2.30. The van der Waals surface area contributed by atoms with E-state index in [0.717, 1.165) is 18.7 Å². The lowest BCUT2D eigenvalue weighted by Gasteiger charge is -2.19. The second-order valence-corrected chi connectivity index (χ2v) is 4.38. The van der Waals surface area contributed by atoms with Crippen molar-refractivity contribution in [2.75, 3.05) is 13.1 Å². The van der Waals surface area contributed by atoms with E-state index in [1.54, 1.807) is 0 Å². The van der Waals surface area contributed by atoms with Gasteiger partial charge in [-0.25, -0.2) is 0 Å². The summed E-state index contributed by atoms with van der Waals surface area (Å²) in [6.07, 6.45) is 0.489. The quantitative estimate of drug-likeness (QED) is 0.804. The lowest BCUT2D eigenvalue weighted by molar-refractivity contribution is -0.130. The van der Waals surface area contributed by atoms with Crippen molar-refractivity contribution < 1.29 is 4.79 Å². The predicted octanol–water partition coefficient (Wildman–Crippen LogP) is 3.25. The van der Waals surface area contributed by atoms with Crippen molar-refractivity contribution in [1.29, 1.82) is 0 Å². The van der Waals surface area contributed by atoms with E-state index in [-0.39, 0.29) is 5.91 Å². The highest BCUT2D eigenvalue weighted by Crippen LogP contribution is 2.19. The van der Waals surface area contributed by atoms with Crippen LogP contribution >= 0.6 is 0 Å². The molecule has 0 N–H and O–H groups in total. The number of hydrogen-bond acceptors (Lipinski definition) is 1. The molecule has 0 fully saturated rings. The summed E-state index contributed by atoms with van der Waals surface area (Å²) in [4.78, 5) is 14.0. The lowest BCUT2D eigenvalue weighted by Crippen LogP contribution is -2.31. The molecule has 0 spiro atoms. The fraction of sp³-hybridized carbons (Fsp3) is 0.312. The average Bonchev–Trinajstić information content (AvgIpc) is 2.40. The number of fused-ring (bicyclic) bond motifs is 1. The maximum Gasteiger partial charge on any atom is 0.226 e. The number of benzene rings is 2. The zero-order valence-electron chi connectivity index (χ0n) is 11.0. The molecule has 2 heteroatoms.